The predicted octanol–water partition coefficient (Wildman–Crippen LogP) is 6.23. The second-order valence-corrected chi connectivity index (χ2v) is 16.1. The molecular weight excluding hydrogens is 549 g/mol. The van der Waals surface area contributed by atoms with Crippen LogP contribution in [0.25, 0.3) is 0 Å². The van der Waals surface area contributed by atoms with Gasteiger partial charge in [0, 0.05) is 15.1 Å². The molecule has 0 aromatic heterocycles. The highest BCUT2D eigenvalue weighted by molar-refractivity contribution is 14.1. The van der Waals surface area contributed by atoms with E-state index in [1.807, 2.05) is 0 Å². The van der Waals surface area contributed by atoms with Crippen molar-refractivity contribution < 1.29 is 36.6 Å². The van der Waals surface area contributed by atoms with E-state index in [9.17, 15) is 27.2 Å². The first kappa shape index (κ1) is 27.9. The summed E-state index contributed by atoms with van der Waals surface area (Å²) in [5.41, 5.74) is -2.69. The van der Waals surface area contributed by atoms with Crippen molar-refractivity contribution in [2.45, 2.75) is 70.7 Å². The quantitative estimate of drug-likeness (QED) is 0.148. The van der Waals surface area contributed by atoms with Gasteiger partial charge >= 0.3 is 12.1 Å². The number of alkyl halides is 1. The molecule has 178 valence electrons. The number of carbonyl (C=O) groups is 2. The van der Waals surface area contributed by atoms with E-state index in [2.05, 4.69) is 19.6 Å². The molecule has 31 heavy (non-hydrogen) atoms. The topological polar surface area (TPSA) is 55.8 Å². The van der Waals surface area contributed by atoms with E-state index in [-0.39, 0.29) is 18.9 Å². The number of hydrogen-bond acceptors (Lipinski definition) is 4. The first-order valence-electron chi connectivity index (χ1n) is 9.90. The number of likely N-dealkylation sites (N-methyl/N-ethyl adjacent to an activating group) is 1. The Kier molecular flexibility index (Phi) is 9.61. The summed E-state index contributed by atoms with van der Waals surface area (Å²) >= 11 is 1.18. The normalized spacial score (nSPS) is 23.2. The van der Waals surface area contributed by atoms with Crippen molar-refractivity contribution in [2.24, 2.45) is 5.92 Å². The van der Waals surface area contributed by atoms with Crippen molar-refractivity contribution in [3.8, 4) is 0 Å². The maximum atomic E-state index is 14.6. The third-order valence-corrected chi connectivity index (χ3v) is 7.50. The Morgan fingerprint density at radius 3 is 2.26 bits per heavy atom. The van der Waals surface area contributed by atoms with Gasteiger partial charge in [0.1, 0.15) is 6.04 Å². The Labute approximate surface area is 195 Å². The first-order valence-corrected chi connectivity index (χ1v) is 14.7. The van der Waals surface area contributed by atoms with E-state index in [4.69, 9.17) is 9.47 Å². The van der Waals surface area contributed by atoms with Crippen LogP contribution in [0.5, 0.6) is 0 Å². The number of rotatable bonds is 8. The van der Waals surface area contributed by atoms with Gasteiger partial charge in [-0.15, -0.1) is 0 Å². The summed E-state index contributed by atoms with van der Waals surface area (Å²) in [5, 5.41) is 0. The zero-order valence-corrected chi connectivity index (χ0v) is 22.0. The Hall–Kier alpha value is -1.11. The summed E-state index contributed by atoms with van der Waals surface area (Å²) in [7, 11) is -0.138. The molecule has 0 saturated carbocycles. The van der Waals surface area contributed by atoms with Gasteiger partial charge in [0.25, 0.3) is 0 Å². The molecule has 5 nitrogen and oxygen atoms in total. The van der Waals surface area contributed by atoms with Gasteiger partial charge in [0.05, 0.1) is 10.2 Å². The minimum Gasteiger partial charge on any atom is -0.450 e. The Morgan fingerprint density at radius 2 is 1.77 bits per heavy atom. The summed E-state index contributed by atoms with van der Waals surface area (Å²) in [5.74, 6) is -6.18. The van der Waals surface area contributed by atoms with Crippen LogP contribution in [0, 0.1) is 5.92 Å². The highest BCUT2D eigenvalue weighted by Gasteiger charge is 2.53. The number of nitrogens with zero attached hydrogens (tertiary/aromatic N) is 1. The molecule has 1 amide bonds. The fourth-order valence-electron chi connectivity index (χ4n) is 2.79. The second-order valence-electron chi connectivity index (χ2n) is 9.36. The summed E-state index contributed by atoms with van der Waals surface area (Å²) in [6.07, 6.45) is -3.53. The maximum absolute atomic E-state index is 14.6. The Balaban J connectivity index is 3.07. The molecule has 0 saturated heterocycles. The smallest absolute Gasteiger partial charge is 0.410 e. The third kappa shape index (κ3) is 6.93. The van der Waals surface area contributed by atoms with Gasteiger partial charge in [-0.2, -0.15) is 0 Å². The molecule has 0 aliphatic heterocycles. The van der Waals surface area contributed by atoms with Gasteiger partial charge in [-0.3, -0.25) is 4.90 Å². The number of halogens is 5. The average Bonchev–Trinajstić information content (AvgIpc) is 2.66. The highest BCUT2D eigenvalue weighted by Crippen LogP contribution is 2.46. The summed E-state index contributed by atoms with van der Waals surface area (Å²) in [6, 6.07) is -0.508. The summed E-state index contributed by atoms with van der Waals surface area (Å²) < 4.78 is 66.2. The lowest BCUT2D eigenvalue weighted by atomic mass is 9.92. The standard InChI is InChI=1S/C20H30F4INO4Si/c1-11(2)10-12(26(4)19(28)29-8-9-31(5,6)7)18(27)30-20(3)16(23)14(22)13(21)15(25)17(20)24/h11-12,16H,8-10H2,1-7H3/t12-,16?,20?/m0/s1. The van der Waals surface area contributed by atoms with Gasteiger partial charge in [0.15, 0.2) is 23.1 Å². The average molecular weight is 579 g/mol. The largest absolute Gasteiger partial charge is 0.450 e. The monoisotopic (exact) mass is 579 g/mol. The van der Waals surface area contributed by atoms with Crippen molar-refractivity contribution in [1.29, 1.82) is 0 Å². The molecular formula is C20H30F4INO4Si. The molecule has 2 unspecified atom stereocenters. The van der Waals surface area contributed by atoms with Crippen molar-refractivity contribution in [3.05, 3.63) is 21.1 Å². The van der Waals surface area contributed by atoms with Gasteiger partial charge < -0.3 is 9.47 Å². The fourth-order valence-corrected chi connectivity index (χ4v) is 4.30. The summed E-state index contributed by atoms with van der Waals surface area (Å²) in [4.78, 5) is 26.3. The molecule has 1 rings (SSSR count). The Bertz CT molecular complexity index is 769. The van der Waals surface area contributed by atoms with Crippen LogP contribution in [0.3, 0.4) is 0 Å². The van der Waals surface area contributed by atoms with Crippen LogP contribution < -0.4 is 0 Å². The molecule has 0 radical (unpaired) electrons. The molecule has 0 aromatic rings. The van der Waals surface area contributed by atoms with Gasteiger partial charge in [0.2, 0.25) is 6.17 Å². The van der Waals surface area contributed by atoms with Crippen LogP contribution in [0.15, 0.2) is 21.1 Å². The maximum Gasteiger partial charge on any atom is 0.410 e. The minimum atomic E-state index is -2.86. The second kappa shape index (κ2) is 10.7. The molecule has 0 heterocycles. The lowest BCUT2D eigenvalue weighted by Gasteiger charge is -2.36. The van der Waals surface area contributed by atoms with E-state index >= 15 is 0 Å². The van der Waals surface area contributed by atoms with Crippen LogP contribution in [0.2, 0.25) is 25.7 Å². The van der Waals surface area contributed by atoms with Crippen molar-refractivity contribution in [1.82, 2.24) is 4.90 Å². The zero-order chi connectivity index (χ0) is 24.3. The molecule has 0 bridgehead atoms. The van der Waals surface area contributed by atoms with Crippen LogP contribution in [-0.2, 0) is 14.3 Å². The number of hydrogen-bond donors (Lipinski definition) is 0. The number of carbonyl (C=O) groups excluding carboxylic acids is 2. The first-order chi connectivity index (χ1) is 14.0. The van der Waals surface area contributed by atoms with Gasteiger partial charge in [-0.25, -0.2) is 27.2 Å². The van der Waals surface area contributed by atoms with Gasteiger partial charge in [-0.05, 0) is 47.9 Å². The van der Waals surface area contributed by atoms with Crippen molar-refractivity contribution in [2.75, 3.05) is 13.7 Å². The van der Waals surface area contributed by atoms with E-state index < -0.39 is 59.0 Å². The van der Waals surface area contributed by atoms with Crippen LogP contribution >= 0.6 is 22.6 Å². The predicted molar refractivity (Wildman–Crippen MR) is 121 cm³/mol. The highest BCUT2D eigenvalue weighted by atomic mass is 127. The third-order valence-electron chi connectivity index (χ3n) is 4.85. The van der Waals surface area contributed by atoms with E-state index in [0.29, 0.717) is 0 Å². The van der Waals surface area contributed by atoms with E-state index in [1.54, 1.807) is 13.8 Å². The van der Waals surface area contributed by atoms with Crippen molar-refractivity contribution >= 4 is 42.7 Å². The van der Waals surface area contributed by atoms with Crippen LogP contribution in [0.4, 0.5) is 22.4 Å². The van der Waals surface area contributed by atoms with Crippen molar-refractivity contribution in [3.63, 3.8) is 0 Å². The molecule has 1 aliphatic carbocycles. The number of esters is 1. The zero-order valence-electron chi connectivity index (χ0n) is 18.8. The molecule has 0 fully saturated rings. The van der Waals surface area contributed by atoms with E-state index in [1.165, 1.54) is 29.6 Å². The van der Waals surface area contributed by atoms with Gasteiger partial charge in [-0.1, -0.05) is 33.5 Å². The number of ether oxygens (including phenoxy) is 2. The minimum absolute atomic E-state index is 0.0929. The molecule has 0 aromatic carbocycles. The fraction of sp³-hybridized carbons (Fsp3) is 0.700. The molecule has 0 spiro atoms. The Morgan fingerprint density at radius 1 is 1.23 bits per heavy atom. The number of allylic oxidation sites excluding steroid dienone is 2. The molecule has 11 heteroatoms. The SMILES string of the molecule is CC(C)C[C@@H](C(=O)OC1(C)C(F)=C(I)C(F)=C(F)C1F)N(C)C(=O)OCC[Si](C)(C)C. The summed E-state index contributed by atoms with van der Waals surface area (Å²) in [6.45, 7) is 10.9. The number of amides is 1. The van der Waals surface area contributed by atoms with E-state index in [0.717, 1.165) is 17.9 Å². The van der Waals surface area contributed by atoms with Crippen LogP contribution in [0.1, 0.15) is 27.2 Å². The lowest BCUT2D eigenvalue weighted by molar-refractivity contribution is -0.168. The lowest BCUT2D eigenvalue weighted by Crippen LogP contribution is -2.51. The molecule has 1 aliphatic rings. The van der Waals surface area contributed by atoms with Crippen LogP contribution in [-0.4, -0.2) is 56.5 Å². The molecule has 0 N–H and O–H groups in total. The molecule has 3 atom stereocenters.